The smallest absolute Gasteiger partial charge is 0.303 e. The van der Waals surface area contributed by atoms with Gasteiger partial charge in [-0.05, 0) is 42.8 Å². The molecule has 5 nitrogen and oxygen atoms in total. The summed E-state index contributed by atoms with van der Waals surface area (Å²) in [6.07, 6.45) is 3.03. The minimum absolute atomic E-state index is 0.0883. The Balaban J connectivity index is 2.04. The minimum atomic E-state index is -0.956. The molecule has 0 aliphatic carbocycles. The molecule has 0 atom stereocenters. The summed E-state index contributed by atoms with van der Waals surface area (Å²) in [5, 5.41) is 9.23. The first-order valence-corrected chi connectivity index (χ1v) is 8.30. The van der Waals surface area contributed by atoms with Crippen molar-refractivity contribution >= 4 is 29.0 Å². The summed E-state index contributed by atoms with van der Waals surface area (Å²) in [7, 11) is 0. The predicted molar refractivity (Wildman–Crippen MR) is 98.2 cm³/mol. The molecule has 0 aliphatic heterocycles. The van der Waals surface area contributed by atoms with Gasteiger partial charge in [-0.2, -0.15) is 0 Å². The zero-order valence-corrected chi connectivity index (χ0v) is 14.2. The van der Waals surface area contributed by atoms with Crippen molar-refractivity contribution in [1.82, 2.24) is 9.55 Å². The van der Waals surface area contributed by atoms with Gasteiger partial charge >= 0.3 is 5.97 Å². The molecule has 0 spiro atoms. The first-order valence-electron chi connectivity index (χ1n) is 8.30. The van der Waals surface area contributed by atoms with Crippen molar-refractivity contribution in [3.63, 3.8) is 0 Å². The van der Waals surface area contributed by atoms with Crippen LogP contribution in [0.4, 0.5) is 8.78 Å². The van der Waals surface area contributed by atoms with Crippen LogP contribution in [0.5, 0.6) is 0 Å². The van der Waals surface area contributed by atoms with Gasteiger partial charge in [0.2, 0.25) is 0 Å². The number of halogens is 2. The normalized spacial score (nSPS) is 11.3. The van der Waals surface area contributed by atoms with Crippen molar-refractivity contribution in [3.8, 4) is 0 Å². The van der Waals surface area contributed by atoms with Crippen molar-refractivity contribution in [2.24, 2.45) is 0 Å². The van der Waals surface area contributed by atoms with Gasteiger partial charge in [0.15, 0.2) is 0 Å². The van der Waals surface area contributed by atoms with Crippen LogP contribution in [0, 0.1) is 11.6 Å². The highest BCUT2D eigenvalue weighted by molar-refractivity contribution is 5.79. The van der Waals surface area contributed by atoms with Gasteiger partial charge in [0.1, 0.15) is 17.5 Å². The SMILES string of the molecule is O=C(O)CCCn1c(C=Cc2ccc(F)cc2F)nc2ccccc2c1=O. The van der Waals surface area contributed by atoms with Crippen molar-refractivity contribution < 1.29 is 18.7 Å². The average Bonchev–Trinajstić information content (AvgIpc) is 2.63. The number of nitrogens with zero attached hydrogens (tertiary/aromatic N) is 2. The molecule has 2 aromatic carbocycles. The molecule has 0 radical (unpaired) electrons. The third-order valence-corrected chi connectivity index (χ3v) is 4.04. The number of hydrogen-bond donors (Lipinski definition) is 1. The molecule has 1 N–H and O–H groups in total. The van der Waals surface area contributed by atoms with Crippen molar-refractivity contribution in [1.29, 1.82) is 0 Å². The van der Waals surface area contributed by atoms with E-state index in [0.29, 0.717) is 10.9 Å². The Labute approximate surface area is 153 Å². The summed E-state index contributed by atoms with van der Waals surface area (Å²) in [5.41, 5.74) is 0.331. The van der Waals surface area contributed by atoms with E-state index in [2.05, 4.69) is 4.98 Å². The number of fused-ring (bicyclic) bond motifs is 1. The first kappa shape index (κ1) is 18.4. The zero-order valence-electron chi connectivity index (χ0n) is 14.2. The van der Waals surface area contributed by atoms with Crippen LogP contribution in [0.3, 0.4) is 0 Å². The summed E-state index contributed by atoms with van der Waals surface area (Å²) in [6.45, 7) is 0.161. The monoisotopic (exact) mass is 370 g/mol. The van der Waals surface area contributed by atoms with Crippen LogP contribution in [-0.2, 0) is 11.3 Å². The van der Waals surface area contributed by atoms with Crippen molar-refractivity contribution in [2.45, 2.75) is 19.4 Å². The topological polar surface area (TPSA) is 72.2 Å². The van der Waals surface area contributed by atoms with E-state index in [-0.39, 0.29) is 36.3 Å². The van der Waals surface area contributed by atoms with Gasteiger partial charge in [0, 0.05) is 24.6 Å². The van der Waals surface area contributed by atoms with E-state index in [4.69, 9.17) is 5.11 Å². The molecule has 0 unspecified atom stereocenters. The molecule has 0 saturated carbocycles. The molecular weight excluding hydrogens is 354 g/mol. The van der Waals surface area contributed by atoms with E-state index in [1.807, 2.05) is 0 Å². The molecule has 3 rings (SSSR count). The average molecular weight is 370 g/mol. The molecule has 27 heavy (non-hydrogen) atoms. The summed E-state index contributed by atoms with van der Waals surface area (Å²) < 4.78 is 28.2. The second-order valence-electron chi connectivity index (χ2n) is 5.94. The second-order valence-corrected chi connectivity index (χ2v) is 5.94. The maximum Gasteiger partial charge on any atom is 0.303 e. The quantitative estimate of drug-likeness (QED) is 0.718. The predicted octanol–water partition coefficient (Wildman–Crippen LogP) is 3.71. The number of carbonyl (C=O) groups is 1. The Hall–Kier alpha value is -3.35. The van der Waals surface area contributed by atoms with E-state index in [0.717, 1.165) is 12.1 Å². The maximum atomic E-state index is 13.8. The first-order chi connectivity index (χ1) is 13.0. The van der Waals surface area contributed by atoms with E-state index in [1.165, 1.54) is 22.8 Å². The third-order valence-electron chi connectivity index (χ3n) is 4.04. The highest BCUT2D eigenvalue weighted by Gasteiger charge is 2.10. The standard InChI is InChI=1S/C20H16F2N2O3/c21-14-9-7-13(16(22)12-14)8-10-18-23-17-5-2-1-4-15(17)20(27)24(18)11-3-6-19(25)26/h1-2,4-5,7-10,12H,3,6,11H2,(H,25,26). The molecule has 0 saturated heterocycles. The number of rotatable bonds is 6. The molecule has 1 heterocycles. The molecule has 3 aromatic rings. The summed E-state index contributed by atoms with van der Waals surface area (Å²) in [4.78, 5) is 28.0. The summed E-state index contributed by atoms with van der Waals surface area (Å²) in [6, 6.07) is 9.99. The fraction of sp³-hybridized carbons (Fsp3) is 0.150. The van der Waals surface area contributed by atoms with Gasteiger partial charge in [-0.25, -0.2) is 13.8 Å². The van der Waals surface area contributed by atoms with Gasteiger partial charge in [0.05, 0.1) is 10.9 Å². The number of para-hydroxylation sites is 1. The van der Waals surface area contributed by atoms with E-state index < -0.39 is 17.6 Å². The molecule has 0 aliphatic rings. The van der Waals surface area contributed by atoms with Gasteiger partial charge in [-0.1, -0.05) is 12.1 Å². The lowest BCUT2D eigenvalue weighted by atomic mass is 10.2. The van der Waals surface area contributed by atoms with Crippen LogP contribution in [0.25, 0.3) is 23.1 Å². The molecular formula is C20H16F2N2O3. The fourth-order valence-electron chi connectivity index (χ4n) is 2.72. The van der Waals surface area contributed by atoms with Crippen LogP contribution in [0.15, 0.2) is 47.3 Å². The van der Waals surface area contributed by atoms with Crippen LogP contribution in [0.2, 0.25) is 0 Å². The lowest BCUT2D eigenvalue weighted by molar-refractivity contribution is -0.137. The Bertz CT molecular complexity index is 1090. The lowest BCUT2D eigenvalue weighted by Gasteiger charge is -2.10. The van der Waals surface area contributed by atoms with E-state index in [9.17, 15) is 18.4 Å². The number of aromatic nitrogens is 2. The zero-order chi connectivity index (χ0) is 19.4. The van der Waals surface area contributed by atoms with E-state index in [1.54, 1.807) is 24.3 Å². The number of hydrogen-bond acceptors (Lipinski definition) is 3. The van der Waals surface area contributed by atoms with Gasteiger partial charge in [0.25, 0.3) is 5.56 Å². The largest absolute Gasteiger partial charge is 0.481 e. The van der Waals surface area contributed by atoms with Crippen LogP contribution >= 0.6 is 0 Å². The molecule has 0 fully saturated rings. The highest BCUT2D eigenvalue weighted by atomic mass is 19.1. The van der Waals surface area contributed by atoms with Gasteiger partial charge in [-0.15, -0.1) is 0 Å². The van der Waals surface area contributed by atoms with E-state index >= 15 is 0 Å². The molecule has 0 bridgehead atoms. The molecule has 1 aromatic heterocycles. The maximum absolute atomic E-state index is 13.8. The lowest BCUT2D eigenvalue weighted by Crippen LogP contribution is -2.24. The Morgan fingerprint density at radius 1 is 1.15 bits per heavy atom. The van der Waals surface area contributed by atoms with Crippen molar-refractivity contribution in [2.75, 3.05) is 0 Å². The fourth-order valence-corrected chi connectivity index (χ4v) is 2.72. The Morgan fingerprint density at radius 3 is 2.67 bits per heavy atom. The van der Waals surface area contributed by atoms with Crippen molar-refractivity contribution in [3.05, 3.63) is 75.8 Å². The molecule has 138 valence electrons. The highest BCUT2D eigenvalue weighted by Crippen LogP contribution is 2.15. The number of aliphatic carboxylic acids is 1. The van der Waals surface area contributed by atoms with Crippen LogP contribution < -0.4 is 5.56 Å². The molecule has 7 heteroatoms. The number of benzene rings is 2. The molecule has 0 amide bonds. The summed E-state index contributed by atoms with van der Waals surface area (Å²) >= 11 is 0. The minimum Gasteiger partial charge on any atom is -0.481 e. The van der Waals surface area contributed by atoms with Gasteiger partial charge < -0.3 is 5.11 Å². The van der Waals surface area contributed by atoms with Crippen LogP contribution in [-0.4, -0.2) is 20.6 Å². The Morgan fingerprint density at radius 2 is 1.93 bits per heavy atom. The third kappa shape index (κ3) is 4.25. The van der Waals surface area contributed by atoms with Gasteiger partial charge in [-0.3, -0.25) is 14.2 Å². The Kier molecular flexibility index (Phi) is 5.40. The second kappa shape index (κ2) is 7.90. The van der Waals surface area contributed by atoms with Crippen LogP contribution in [0.1, 0.15) is 24.2 Å². The number of carboxylic acids is 1. The summed E-state index contributed by atoms with van der Waals surface area (Å²) in [5.74, 6) is -2.10. The number of carboxylic acid groups (broad SMARTS) is 1.